The van der Waals surface area contributed by atoms with Gasteiger partial charge in [0.05, 0.1) is 10.3 Å². The van der Waals surface area contributed by atoms with Crippen molar-refractivity contribution >= 4 is 33.7 Å². The molecule has 0 aliphatic carbocycles. The highest BCUT2D eigenvalue weighted by atomic mass is 32.2. The minimum Gasteiger partial charge on any atom is -0.336 e. The van der Waals surface area contributed by atoms with Gasteiger partial charge in [0, 0.05) is 32.4 Å². The standard InChI is InChI=1S/C17H24N4O4S2/c1-13(16(22)21-11-8-18-17(21)23)26-15-7-6-14(12-19-15)27(24,25)20-9-4-2-3-5-10-20/h6-7,12-13H,2-5,8-11H2,1H3,(H,18,23)/t13-/m0/s1. The van der Waals surface area contributed by atoms with Gasteiger partial charge < -0.3 is 5.32 Å². The van der Waals surface area contributed by atoms with Crippen molar-refractivity contribution in [2.75, 3.05) is 26.2 Å². The molecule has 10 heteroatoms. The number of amides is 3. The van der Waals surface area contributed by atoms with Crippen molar-refractivity contribution in [3.63, 3.8) is 0 Å². The number of imide groups is 1. The van der Waals surface area contributed by atoms with Crippen molar-refractivity contribution in [3.8, 4) is 0 Å². The molecule has 27 heavy (non-hydrogen) atoms. The lowest BCUT2D eigenvalue weighted by molar-refractivity contribution is -0.126. The van der Waals surface area contributed by atoms with Gasteiger partial charge in [0.25, 0.3) is 0 Å². The molecule has 148 valence electrons. The lowest BCUT2D eigenvalue weighted by Crippen LogP contribution is -2.38. The van der Waals surface area contributed by atoms with E-state index in [4.69, 9.17) is 0 Å². The maximum atomic E-state index is 12.8. The van der Waals surface area contributed by atoms with E-state index in [2.05, 4.69) is 10.3 Å². The molecule has 2 saturated heterocycles. The Balaban J connectivity index is 1.66. The summed E-state index contributed by atoms with van der Waals surface area (Å²) in [6.07, 6.45) is 5.22. The van der Waals surface area contributed by atoms with Crippen molar-refractivity contribution in [1.82, 2.24) is 19.5 Å². The summed E-state index contributed by atoms with van der Waals surface area (Å²) in [4.78, 5) is 29.5. The Hall–Kier alpha value is -1.65. The maximum Gasteiger partial charge on any atom is 0.324 e. The average molecular weight is 413 g/mol. The van der Waals surface area contributed by atoms with E-state index >= 15 is 0 Å². The Morgan fingerprint density at radius 2 is 1.89 bits per heavy atom. The average Bonchev–Trinajstić information content (AvgIpc) is 2.90. The number of nitrogens with zero attached hydrogens (tertiary/aromatic N) is 3. The molecule has 0 unspecified atom stereocenters. The fourth-order valence-electron chi connectivity index (χ4n) is 3.15. The second-order valence-corrected chi connectivity index (χ2v) is 9.93. The minimum absolute atomic E-state index is 0.173. The number of carbonyl (C=O) groups is 2. The Morgan fingerprint density at radius 3 is 2.44 bits per heavy atom. The number of nitrogens with one attached hydrogen (secondary N) is 1. The molecule has 2 aliphatic rings. The molecular formula is C17H24N4O4S2. The Kier molecular flexibility index (Phi) is 6.38. The number of pyridine rings is 1. The van der Waals surface area contributed by atoms with E-state index in [0.717, 1.165) is 25.7 Å². The normalized spacial score (nSPS) is 20.2. The van der Waals surface area contributed by atoms with Crippen LogP contribution in [-0.2, 0) is 14.8 Å². The van der Waals surface area contributed by atoms with Gasteiger partial charge in [0.1, 0.15) is 4.90 Å². The molecule has 0 aromatic carbocycles. The van der Waals surface area contributed by atoms with Gasteiger partial charge in [-0.1, -0.05) is 24.6 Å². The van der Waals surface area contributed by atoms with Crippen molar-refractivity contribution < 1.29 is 18.0 Å². The molecule has 8 nitrogen and oxygen atoms in total. The summed E-state index contributed by atoms with van der Waals surface area (Å²) in [5.74, 6) is -0.280. The summed E-state index contributed by atoms with van der Waals surface area (Å²) < 4.78 is 27.1. The van der Waals surface area contributed by atoms with Gasteiger partial charge in [-0.2, -0.15) is 4.31 Å². The van der Waals surface area contributed by atoms with Crippen LogP contribution in [0.5, 0.6) is 0 Å². The maximum absolute atomic E-state index is 12.8. The zero-order valence-corrected chi connectivity index (χ0v) is 16.9. The summed E-state index contributed by atoms with van der Waals surface area (Å²) in [5, 5.41) is 2.65. The molecule has 3 amide bonds. The molecule has 3 heterocycles. The molecule has 1 aromatic rings. The lowest BCUT2D eigenvalue weighted by atomic mass is 10.2. The number of urea groups is 1. The van der Waals surface area contributed by atoms with Gasteiger partial charge in [-0.05, 0) is 31.9 Å². The monoisotopic (exact) mass is 412 g/mol. The lowest BCUT2D eigenvalue weighted by Gasteiger charge is -2.20. The zero-order valence-electron chi connectivity index (χ0n) is 15.3. The van der Waals surface area contributed by atoms with E-state index in [1.807, 2.05) is 0 Å². The number of aromatic nitrogens is 1. The van der Waals surface area contributed by atoms with Crippen LogP contribution in [0.4, 0.5) is 4.79 Å². The van der Waals surface area contributed by atoms with E-state index in [1.165, 1.54) is 33.2 Å². The molecule has 1 aromatic heterocycles. The third-order valence-electron chi connectivity index (χ3n) is 4.68. The van der Waals surface area contributed by atoms with E-state index in [0.29, 0.717) is 31.2 Å². The first-order valence-corrected chi connectivity index (χ1v) is 11.4. The Bertz CT molecular complexity index is 790. The van der Waals surface area contributed by atoms with Crippen molar-refractivity contribution in [2.45, 2.75) is 47.8 Å². The third kappa shape index (κ3) is 4.61. The number of rotatable bonds is 5. The molecule has 0 radical (unpaired) electrons. The van der Waals surface area contributed by atoms with Gasteiger partial charge in [0.2, 0.25) is 15.9 Å². The predicted molar refractivity (Wildman–Crippen MR) is 102 cm³/mol. The molecule has 0 spiro atoms. The molecule has 0 saturated carbocycles. The predicted octanol–water partition coefficient (Wildman–Crippen LogP) is 1.68. The van der Waals surface area contributed by atoms with Crippen LogP contribution in [0, 0.1) is 0 Å². The van der Waals surface area contributed by atoms with E-state index in [-0.39, 0.29) is 16.8 Å². The van der Waals surface area contributed by atoms with Crippen LogP contribution in [0.3, 0.4) is 0 Å². The Morgan fingerprint density at radius 1 is 1.19 bits per heavy atom. The molecular weight excluding hydrogens is 388 g/mol. The van der Waals surface area contributed by atoms with E-state index in [1.54, 1.807) is 13.0 Å². The first-order valence-electron chi connectivity index (χ1n) is 9.11. The highest BCUT2D eigenvalue weighted by Crippen LogP contribution is 2.25. The van der Waals surface area contributed by atoms with Gasteiger partial charge >= 0.3 is 6.03 Å². The number of hydrogen-bond acceptors (Lipinski definition) is 6. The fraction of sp³-hybridized carbons (Fsp3) is 0.588. The highest BCUT2D eigenvalue weighted by Gasteiger charge is 2.30. The Labute approximate surface area is 163 Å². The zero-order chi connectivity index (χ0) is 19.4. The van der Waals surface area contributed by atoms with Gasteiger partial charge in [-0.15, -0.1) is 0 Å². The molecule has 3 rings (SSSR count). The van der Waals surface area contributed by atoms with Crippen LogP contribution in [0.1, 0.15) is 32.6 Å². The van der Waals surface area contributed by atoms with Crippen LogP contribution >= 0.6 is 11.8 Å². The first-order chi connectivity index (χ1) is 12.9. The second-order valence-electron chi connectivity index (χ2n) is 6.63. The van der Waals surface area contributed by atoms with Gasteiger partial charge in [-0.3, -0.25) is 9.69 Å². The second kappa shape index (κ2) is 8.57. The summed E-state index contributed by atoms with van der Waals surface area (Å²) in [5.41, 5.74) is 0. The van der Waals surface area contributed by atoms with Gasteiger partial charge in [0.15, 0.2) is 0 Å². The van der Waals surface area contributed by atoms with Crippen LogP contribution in [0.2, 0.25) is 0 Å². The number of carbonyl (C=O) groups excluding carboxylic acids is 2. The molecule has 1 atom stereocenters. The molecule has 2 fully saturated rings. The first kappa shape index (κ1) is 20.1. The van der Waals surface area contributed by atoms with Crippen LogP contribution in [0.15, 0.2) is 28.3 Å². The molecule has 1 N–H and O–H groups in total. The van der Waals surface area contributed by atoms with Crippen molar-refractivity contribution in [1.29, 1.82) is 0 Å². The van der Waals surface area contributed by atoms with E-state index in [9.17, 15) is 18.0 Å². The van der Waals surface area contributed by atoms with Crippen LogP contribution < -0.4 is 5.32 Å². The summed E-state index contributed by atoms with van der Waals surface area (Å²) in [6, 6.07) is 2.78. The molecule has 0 bridgehead atoms. The van der Waals surface area contributed by atoms with Crippen LogP contribution in [0.25, 0.3) is 0 Å². The summed E-state index contributed by atoms with van der Waals surface area (Å²) in [6.45, 7) is 3.62. The highest BCUT2D eigenvalue weighted by molar-refractivity contribution is 8.00. The van der Waals surface area contributed by atoms with Crippen molar-refractivity contribution in [3.05, 3.63) is 18.3 Å². The largest absolute Gasteiger partial charge is 0.336 e. The van der Waals surface area contributed by atoms with Crippen LogP contribution in [-0.4, -0.2) is 66.0 Å². The van der Waals surface area contributed by atoms with Gasteiger partial charge in [-0.25, -0.2) is 18.2 Å². The van der Waals surface area contributed by atoms with E-state index < -0.39 is 15.3 Å². The topological polar surface area (TPSA) is 99.7 Å². The fourth-order valence-corrected chi connectivity index (χ4v) is 5.47. The summed E-state index contributed by atoms with van der Waals surface area (Å²) >= 11 is 1.21. The SMILES string of the molecule is C[C@H](Sc1ccc(S(=O)(=O)N2CCCCCC2)cn1)C(=O)N1CCNC1=O. The minimum atomic E-state index is -3.53. The molecule has 2 aliphatic heterocycles. The third-order valence-corrected chi connectivity index (χ3v) is 7.60. The number of sulfonamides is 1. The van der Waals surface area contributed by atoms with Crippen molar-refractivity contribution in [2.24, 2.45) is 0 Å². The summed E-state index contributed by atoms with van der Waals surface area (Å²) in [7, 11) is -3.53. The smallest absolute Gasteiger partial charge is 0.324 e. The quantitative estimate of drug-likeness (QED) is 0.739. The number of hydrogen-bond donors (Lipinski definition) is 1. The number of thioether (sulfide) groups is 1.